The van der Waals surface area contributed by atoms with Crippen LogP contribution in [0.5, 0.6) is 5.88 Å². The van der Waals surface area contributed by atoms with Gasteiger partial charge in [-0.2, -0.15) is 4.98 Å². The van der Waals surface area contributed by atoms with E-state index in [1.54, 1.807) is 6.07 Å². The maximum Gasteiger partial charge on any atom is 0.218 e. The number of hydrogen-bond acceptors (Lipinski definition) is 5. The third-order valence-corrected chi connectivity index (χ3v) is 3.63. The molecule has 1 aromatic rings. The van der Waals surface area contributed by atoms with Crippen LogP contribution in [0.15, 0.2) is 6.07 Å². The second-order valence-electron chi connectivity index (χ2n) is 5.56. The highest BCUT2D eigenvalue weighted by atomic mass is 16.5. The molecule has 0 radical (unpaired) electrons. The largest absolute Gasteiger partial charge is 0.477 e. The SMILES string of the molecule is CC(C)c1nc(N)cc(OCCC2CCCN2C)n1. The van der Waals surface area contributed by atoms with Crippen LogP contribution in [0.4, 0.5) is 5.82 Å². The van der Waals surface area contributed by atoms with Crippen molar-refractivity contribution in [1.82, 2.24) is 14.9 Å². The van der Waals surface area contributed by atoms with Gasteiger partial charge in [-0.25, -0.2) is 4.98 Å². The van der Waals surface area contributed by atoms with Crippen molar-refractivity contribution in [2.24, 2.45) is 0 Å². The predicted molar refractivity (Wildman–Crippen MR) is 76.3 cm³/mol. The van der Waals surface area contributed by atoms with E-state index in [1.807, 2.05) is 13.8 Å². The van der Waals surface area contributed by atoms with Gasteiger partial charge in [0.05, 0.1) is 6.61 Å². The quantitative estimate of drug-likeness (QED) is 0.881. The zero-order chi connectivity index (χ0) is 13.8. The highest BCUT2D eigenvalue weighted by molar-refractivity contribution is 5.33. The smallest absolute Gasteiger partial charge is 0.218 e. The fourth-order valence-corrected chi connectivity index (χ4v) is 2.44. The van der Waals surface area contributed by atoms with Crippen LogP contribution in [-0.4, -0.2) is 41.1 Å². The van der Waals surface area contributed by atoms with Crippen molar-refractivity contribution in [3.63, 3.8) is 0 Å². The van der Waals surface area contributed by atoms with E-state index in [4.69, 9.17) is 10.5 Å². The van der Waals surface area contributed by atoms with Gasteiger partial charge in [0, 0.05) is 18.0 Å². The highest BCUT2D eigenvalue weighted by Gasteiger charge is 2.20. The van der Waals surface area contributed by atoms with Crippen LogP contribution >= 0.6 is 0 Å². The van der Waals surface area contributed by atoms with Gasteiger partial charge in [0.2, 0.25) is 5.88 Å². The van der Waals surface area contributed by atoms with Gasteiger partial charge in [0.25, 0.3) is 0 Å². The molecule has 5 nitrogen and oxygen atoms in total. The Kier molecular flexibility index (Phi) is 4.58. The predicted octanol–water partition coefficient (Wildman–Crippen LogP) is 2.05. The van der Waals surface area contributed by atoms with Crippen molar-refractivity contribution in [2.75, 3.05) is 25.9 Å². The number of rotatable bonds is 5. The average molecular weight is 264 g/mol. The molecule has 2 rings (SSSR count). The topological polar surface area (TPSA) is 64.3 Å². The lowest BCUT2D eigenvalue weighted by molar-refractivity contribution is 0.228. The number of hydrogen-bond donors (Lipinski definition) is 1. The monoisotopic (exact) mass is 264 g/mol. The van der Waals surface area contributed by atoms with E-state index in [0.29, 0.717) is 24.3 Å². The lowest BCUT2D eigenvalue weighted by atomic mass is 10.1. The maximum absolute atomic E-state index is 5.77. The summed E-state index contributed by atoms with van der Waals surface area (Å²) in [5.41, 5.74) is 5.77. The normalized spacial score (nSPS) is 20.1. The molecule has 2 N–H and O–H groups in total. The minimum atomic E-state index is 0.256. The van der Waals surface area contributed by atoms with Gasteiger partial charge in [-0.05, 0) is 32.9 Å². The third-order valence-electron chi connectivity index (χ3n) is 3.63. The molecule has 106 valence electrons. The van der Waals surface area contributed by atoms with Crippen molar-refractivity contribution in [3.8, 4) is 5.88 Å². The van der Waals surface area contributed by atoms with Crippen molar-refractivity contribution < 1.29 is 4.74 Å². The molecule has 0 aromatic carbocycles. The summed E-state index contributed by atoms with van der Waals surface area (Å²) in [6, 6.07) is 2.34. The molecule has 1 aromatic heterocycles. The van der Waals surface area contributed by atoms with Crippen molar-refractivity contribution in [2.45, 2.75) is 45.1 Å². The summed E-state index contributed by atoms with van der Waals surface area (Å²) in [7, 11) is 2.18. The Hall–Kier alpha value is -1.36. The first kappa shape index (κ1) is 14.1. The first-order valence-electron chi connectivity index (χ1n) is 7.03. The Bertz CT molecular complexity index is 422. The van der Waals surface area contributed by atoms with Crippen LogP contribution < -0.4 is 10.5 Å². The van der Waals surface area contributed by atoms with Gasteiger partial charge in [-0.1, -0.05) is 13.8 Å². The summed E-state index contributed by atoms with van der Waals surface area (Å²) in [5.74, 6) is 2.07. The van der Waals surface area contributed by atoms with Crippen LogP contribution in [-0.2, 0) is 0 Å². The van der Waals surface area contributed by atoms with Gasteiger partial charge in [-0.3, -0.25) is 0 Å². The van der Waals surface area contributed by atoms with Crippen LogP contribution in [0, 0.1) is 0 Å². The number of aromatic nitrogens is 2. The zero-order valence-electron chi connectivity index (χ0n) is 12.1. The molecule has 1 aliphatic rings. The third kappa shape index (κ3) is 3.80. The Morgan fingerprint density at radius 1 is 1.47 bits per heavy atom. The van der Waals surface area contributed by atoms with E-state index in [1.165, 1.54) is 19.4 Å². The summed E-state index contributed by atoms with van der Waals surface area (Å²) in [5, 5.41) is 0. The Labute approximate surface area is 115 Å². The number of nitrogens with zero attached hydrogens (tertiary/aromatic N) is 3. The molecule has 2 heterocycles. The molecular formula is C14H24N4O. The minimum Gasteiger partial charge on any atom is -0.477 e. The fraction of sp³-hybridized carbons (Fsp3) is 0.714. The van der Waals surface area contributed by atoms with E-state index in [2.05, 4.69) is 21.9 Å². The van der Waals surface area contributed by atoms with Crippen LogP contribution in [0.3, 0.4) is 0 Å². The van der Waals surface area contributed by atoms with E-state index in [0.717, 1.165) is 12.2 Å². The van der Waals surface area contributed by atoms with Gasteiger partial charge >= 0.3 is 0 Å². The molecule has 1 aliphatic heterocycles. The number of nitrogen functional groups attached to an aromatic ring is 1. The van der Waals surface area contributed by atoms with Crippen molar-refractivity contribution in [1.29, 1.82) is 0 Å². The second-order valence-corrected chi connectivity index (χ2v) is 5.56. The molecule has 1 unspecified atom stereocenters. The number of ether oxygens (including phenoxy) is 1. The lowest BCUT2D eigenvalue weighted by Gasteiger charge is -2.19. The van der Waals surface area contributed by atoms with Crippen LogP contribution in [0.25, 0.3) is 0 Å². The average Bonchev–Trinajstić information content (AvgIpc) is 2.74. The molecule has 1 atom stereocenters. The first-order valence-corrected chi connectivity index (χ1v) is 7.03. The van der Waals surface area contributed by atoms with E-state index in [-0.39, 0.29) is 5.92 Å². The van der Waals surface area contributed by atoms with E-state index >= 15 is 0 Å². The van der Waals surface area contributed by atoms with Gasteiger partial charge < -0.3 is 15.4 Å². The van der Waals surface area contributed by atoms with Gasteiger partial charge in [-0.15, -0.1) is 0 Å². The summed E-state index contributed by atoms with van der Waals surface area (Å²) < 4.78 is 5.73. The Morgan fingerprint density at radius 3 is 2.89 bits per heavy atom. The molecule has 0 bridgehead atoms. The van der Waals surface area contributed by atoms with E-state index < -0.39 is 0 Å². The molecule has 1 saturated heterocycles. The minimum absolute atomic E-state index is 0.256. The summed E-state index contributed by atoms with van der Waals surface area (Å²) >= 11 is 0. The maximum atomic E-state index is 5.77. The Morgan fingerprint density at radius 2 is 2.26 bits per heavy atom. The second kappa shape index (κ2) is 6.19. The molecule has 0 saturated carbocycles. The molecule has 0 amide bonds. The molecule has 0 spiro atoms. The van der Waals surface area contributed by atoms with E-state index in [9.17, 15) is 0 Å². The first-order chi connectivity index (χ1) is 9.06. The molecule has 1 fully saturated rings. The fourth-order valence-electron chi connectivity index (χ4n) is 2.44. The number of nitrogens with two attached hydrogens (primary N) is 1. The number of anilines is 1. The lowest BCUT2D eigenvalue weighted by Crippen LogP contribution is -2.26. The van der Waals surface area contributed by atoms with Crippen molar-refractivity contribution >= 4 is 5.82 Å². The highest BCUT2D eigenvalue weighted by Crippen LogP contribution is 2.20. The molecular weight excluding hydrogens is 240 g/mol. The zero-order valence-corrected chi connectivity index (χ0v) is 12.1. The van der Waals surface area contributed by atoms with Gasteiger partial charge in [0.1, 0.15) is 11.6 Å². The molecule has 0 aliphatic carbocycles. The standard InChI is InChI=1S/C14H24N4O/c1-10(2)14-16-12(15)9-13(17-14)19-8-6-11-5-4-7-18(11)3/h9-11H,4-8H2,1-3H3,(H2,15,16,17). The molecule has 5 heteroatoms. The van der Waals surface area contributed by atoms with Crippen LogP contribution in [0.1, 0.15) is 44.9 Å². The number of likely N-dealkylation sites (tertiary alicyclic amines) is 1. The summed E-state index contributed by atoms with van der Waals surface area (Å²) in [4.78, 5) is 11.0. The summed E-state index contributed by atoms with van der Waals surface area (Å²) in [6.45, 7) is 5.98. The van der Waals surface area contributed by atoms with Gasteiger partial charge in [0.15, 0.2) is 0 Å². The summed E-state index contributed by atoms with van der Waals surface area (Å²) in [6.07, 6.45) is 3.60. The Balaban J connectivity index is 1.88. The van der Waals surface area contributed by atoms with Crippen molar-refractivity contribution in [3.05, 3.63) is 11.9 Å². The van der Waals surface area contributed by atoms with Crippen LogP contribution in [0.2, 0.25) is 0 Å². The molecule has 19 heavy (non-hydrogen) atoms.